The highest BCUT2D eigenvalue weighted by atomic mass is 35.5. The molecule has 19 heavy (non-hydrogen) atoms. The lowest BCUT2D eigenvalue weighted by Crippen LogP contribution is -2.14. The molecule has 0 radical (unpaired) electrons. The van der Waals surface area contributed by atoms with Crippen LogP contribution in [0.3, 0.4) is 0 Å². The number of nitrogens with one attached hydrogen (secondary N) is 1. The summed E-state index contributed by atoms with van der Waals surface area (Å²) in [7, 11) is 0. The number of phenols is 1. The molecule has 0 heterocycles. The number of carbonyl (C=O) groups excluding carboxylic acids is 1. The van der Waals surface area contributed by atoms with Gasteiger partial charge in [0.1, 0.15) is 17.4 Å². The number of anilines is 1. The zero-order valence-corrected chi connectivity index (χ0v) is 10.2. The molecule has 0 atom stereocenters. The van der Waals surface area contributed by atoms with Crippen LogP contribution in [-0.4, -0.2) is 11.0 Å². The molecule has 2 aromatic rings. The highest BCUT2D eigenvalue weighted by molar-refractivity contribution is 6.31. The molecule has 0 saturated carbocycles. The van der Waals surface area contributed by atoms with Gasteiger partial charge in [0.2, 0.25) is 0 Å². The number of carbonyl (C=O) groups is 1. The first kappa shape index (κ1) is 13.3. The van der Waals surface area contributed by atoms with Crippen molar-refractivity contribution in [2.45, 2.75) is 0 Å². The van der Waals surface area contributed by atoms with Gasteiger partial charge in [-0.3, -0.25) is 4.79 Å². The molecule has 1 amide bonds. The lowest BCUT2D eigenvalue weighted by atomic mass is 10.2. The first-order chi connectivity index (χ1) is 8.97. The van der Waals surface area contributed by atoms with Gasteiger partial charge < -0.3 is 10.4 Å². The van der Waals surface area contributed by atoms with Crippen molar-refractivity contribution >= 4 is 23.2 Å². The third-order valence-corrected chi connectivity index (χ3v) is 2.62. The summed E-state index contributed by atoms with van der Waals surface area (Å²) in [4.78, 5) is 11.8. The molecule has 2 N–H and O–H groups in total. The van der Waals surface area contributed by atoms with Crippen LogP contribution in [0.5, 0.6) is 5.75 Å². The van der Waals surface area contributed by atoms with Crippen LogP contribution < -0.4 is 5.32 Å². The van der Waals surface area contributed by atoms with E-state index in [4.69, 9.17) is 11.6 Å². The van der Waals surface area contributed by atoms with Crippen LogP contribution in [0.2, 0.25) is 5.02 Å². The van der Waals surface area contributed by atoms with E-state index >= 15 is 0 Å². The van der Waals surface area contributed by atoms with Crippen molar-refractivity contribution in [3.8, 4) is 5.75 Å². The van der Waals surface area contributed by atoms with Gasteiger partial charge in [0.25, 0.3) is 5.91 Å². The smallest absolute Gasteiger partial charge is 0.258 e. The average molecular weight is 284 g/mol. The Bertz CT molecular complexity index is 647. The highest BCUT2D eigenvalue weighted by Gasteiger charge is 2.14. The van der Waals surface area contributed by atoms with E-state index < -0.39 is 17.5 Å². The Kier molecular flexibility index (Phi) is 3.66. The van der Waals surface area contributed by atoms with E-state index in [0.29, 0.717) is 11.1 Å². The van der Waals surface area contributed by atoms with E-state index in [1.165, 1.54) is 18.2 Å². The Hall–Kier alpha value is -2.14. The summed E-state index contributed by atoms with van der Waals surface area (Å²) in [5.74, 6) is -2.78. The standard InChI is InChI=1S/C13H8ClF2NO2/c14-7-1-4-12(18)11(5-7)17-13(19)9-3-2-8(15)6-10(9)16/h1-6,18H,(H,17,19). The van der Waals surface area contributed by atoms with Gasteiger partial charge >= 0.3 is 0 Å². The first-order valence-corrected chi connectivity index (χ1v) is 5.60. The number of phenolic OH excluding ortho intramolecular Hbond substituents is 1. The number of rotatable bonds is 2. The number of amides is 1. The maximum Gasteiger partial charge on any atom is 0.258 e. The Balaban J connectivity index is 2.28. The van der Waals surface area contributed by atoms with Crippen molar-refractivity contribution < 1.29 is 18.7 Å². The molecule has 0 aliphatic rings. The summed E-state index contributed by atoms with van der Waals surface area (Å²) in [6.07, 6.45) is 0. The van der Waals surface area contributed by atoms with Crippen molar-refractivity contribution in [2.24, 2.45) is 0 Å². The normalized spacial score (nSPS) is 10.3. The zero-order valence-electron chi connectivity index (χ0n) is 9.45. The van der Waals surface area contributed by atoms with E-state index in [9.17, 15) is 18.7 Å². The van der Waals surface area contributed by atoms with Crippen molar-refractivity contribution in [1.29, 1.82) is 0 Å². The quantitative estimate of drug-likeness (QED) is 0.828. The lowest BCUT2D eigenvalue weighted by Gasteiger charge is -2.08. The van der Waals surface area contributed by atoms with Gasteiger partial charge in [-0.2, -0.15) is 0 Å². The molecule has 0 spiro atoms. The van der Waals surface area contributed by atoms with Gasteiger partial charge in [-0.05, 0) is 30.3 Å². The number of halogens is 3. The number of benzene rings is 2. The fourth-order valence-electron chi connectivity index (χ4n) is 1.47. The maximum absolute atomic E-state index is 13.4. The topological polar surface area (TPSA) is 49.3 Å². The first-order valence-electron chi connectivity index (χ1n) is 5.22. The second-order valence-electron chi connectivity index (χ2n) is 3.74. The van der Waals surface area contributed by atoms with Gasteiger partial charge in [0.15, 0.2) is 0 Å². The molecule has 98 valence electrons. The molecule has 2 aromatic carbocycles. The molecule has 0 fully saturated rings. The Labute approximate surface area is 112 Å². The second kappa shape index (κ2) is 5.24. The molecule has 0 aliphatic heterocycles. The third kappa shape index (κ3) is 3.00. The summed E-state index contributed by atoms with van der Waals surface area (Å²) in [6.45, 7) is 0. The molecular formula is C13H8ClF2NO2. The Morgan fingerprint density at radius 3 is 2.58 bits per heavy atom. The van der Waals surface area contributed by atoms with Crippen LogP contribution in [0.1, 0.15) is 10.4 Å². The van der Waals surface area contributed by atoms with Gasteiger partial charge in [-0.25, -0.2) is 8.78 Å². The van der Waals surface area contributed by atoms with Gasteiger partial charge in [-0.1, -0.05) is 11.6 Å². The fraction of sp³-hybridized carbons (Fsp3) is 0. The predicted octanol–water partition coefficient (Wildman–Crippen LogP) is 3.58. The highest BCUT2D eigenvalue weighted by Crippen LogP contribution is 2.27. The summed E-state index contributed by atoms with van der Waals surface area (Å²) < 4.78 is 26.1. The molecule has 0 bridgehead atoms. The second-order valence-corrected chi connectivity index (χ2v) is 4.18. The predicted molar refractivity (Wildman–Crippen MR) is 67.4 cm³/mol. The van der Waals surface area contributed by atoms with Crippen LogP contribution in [0.4, 0.5) is 14.5 Å². The Morgan fingerprint density at radius 2 is 1.89 bits per heavy atom. The minimum absolute atomic E-state index is 0.0428. The Morgan fingerprint density at radius 1 is 1.16 bits per heavy atom. The fourth-order valence-corrected chi connectivity index (χ4v) is 1.64. The molecule has 0 saturated heterocycles. The van der Waals surface area contributed by atoms with Gasteiger partial charge in [0.05, 0.1) is 11.3 Å². The van der Waals surface area contributed by atoms with Crippen molar-refractivity contribution in [3.63, 3.8) is 0 Å². The maximum atomic E-state index is 13.4. The van der Waals surface area contributed by atoms with E-state index in [2.05, 4.69) is 5.32 Å². The average Bonchev–Trinajstić information content (AvgIpc) is 2.33. The molecule has 0 aliphatic carbocycles. The number of aromatic hydroxyl groups is 1. The molecule has 0 unspecified atom stereocenters. The van der Waals surface area contributed by atoms with E-state index in [-0.39, 0.29) is 17.0 Å². The summed E-state index contributed by atoms with van der Waals surface area (Å²) in [6, 6.07) is 6.63. The van der Waals surface area contributed by atoms with Crippen molar-refractivity contribution in [3.05, 3.63) is 58.6 Å². The summed E-state index contributed by atoms with van der Waals surface area (Å²) >= 11 is 5.71. The van der Waals surface area contributed by atoms with E-state index in [1.54, 1.807) is 0 Å². The lowest BCUT2D eigenvalue weighted by molar-refractivity contribution is 0.102. The van der Waals surface area contributed by atoms with Crippen LogP contribution in [-0.2, 0) is 0 Å². The van der Waals surface area contributed by atoms with E-state index in [0.717, 1.165) is 12.1 Å². The van der Waals surface area contributed by atoms with Crippen LogP contribution >= 0.6 is 11.6 Å². The minimum Gasteiger partial charge on any atom is -0.506 e. The number of hydrogen-bond acceptors (Lipinski definition) is 2. The molecule has 0 aromatic heterocycles. The van der Waals surface area contributed by atoms with Crippen molar-refractivity contribution in [1.82, 2.24) is 0 Å². The zero-order chi connectivity index (χ0) is 14.0. The molecule has 2 rings (SSSR count). The monoisotopic (exact) mass is 283 g/mol. The van der Waals surface area contributed by atoms with Crippen molar-refractivity contribution in [2.75, 3.05) is 5.32 Å². The summed E-state index contributed by atoms with van der Waals surface area (Å²) in [5.41, 5.74) is -0.290. The third-order valence-electron chi connectivity index (χ3n) is 2.38. The molecule has 6 heteroatoms. The van der Waals surface area contributed by atoms with Gasteiger partial charge in [-0.15, -0.1) is 0 Å². The largest absolute Gasteiger partial charge is 0.506 e. The summed E-state index contributed by atoms with van der Waals surface area (Å²) in [5, 5.41) is 12.1. The van der Waals surface area contributed by atoms with E-state index in [1.807, 2.05) is 0 Å². The number of hydrogen-bond donors (Lipinski definition) is 2. The van der Waals surface area contributed by atoms with Gasteiger partial charge in [0, 0.05) is 11.1 Å². The minimum atomic E-state index is -0.987. The molecular weight excluding hydrogens is 276 g/mol. The molecule has 3 nitrogen and oxygen atoms in total. The SMILES string of the molecule is O=C(Nc1cc(Cl)ccc1O)c1ccc(F)cc1F. The van der Waals surface area contributed by atoms with Crippen LogP contribution in [0.15, 0.2) is 36.4 Å². The van der Waals surface area contributed by atoms with Crippen LogP contribution in [0.25, 0.3) is 0 Å². The van der Waals surface area contributed by atoms with Crippen LogP contribution in [0, 0.1) is 11.6 Å².